The highest BCUT2D eigenvalue weighted by Crippen LogP contribution is 2.17. The number of carboxylic acid groups (broad SMARTS) is 1. The van der Waals surface area contributed by atoms with E-state index in [4.69, 9.17) is 5.11 Å². The summed E-state index contributed by atoms with van der Waals surface area (Å²) in [5, 5.41) is 8.43. The third kappa shape index (κ3) is 3.48. The van der Waals surface area contributed by atoms with E-state index >= 15 is 0 Å². The monoisotopic (exact) mass is 249 g/mol. The zero-order chi connectivity index (χ0) is 12.3. The van der Waals surface area contributed by atoms with Gasteiger partial charge < -0.3 is 10.0 Å². The Labute approximate surface area is 94.2 Å². The molecule has 0 spiro atoms. The SMILES string of the molecule is CN(C(=O)CCC(=O)O)C1CCS(=O)(=O)C1. The summed E-state index contributed by atoms with van der Waals surface area (Å²) in [5.74, 6) is -1.25. The molecule has 0 aromatic heterocycles. The van der Waals surface area contributed by atoms with Gasteiger partial charge in [-0.3, -0.25) is 9.59 Å². The molecule has 1 saturated heterocycles. The number of aliphatic carboxylic acids is 1. The van der Waals surface area contributed by atoms with Crippen LogP contribution in [0.3, 0.4) is 0 Å². The second kappa shape index (κ2) is 4.82. The van der Waals surface area contributed by atoms with Crippen LogP contribution in [0.15, 0.2) is 0 Å². The summed E-state index contributed by atoms with van der Waals surface area (Å²) in [4.78, 5) is 23.2. The molecule has 92 valence electrons. The second-order valence-corrected chi connectivity index (χ2v) is 6.18. The lowest BCUT2D eigenvalue weighted by Crippen LogP contribution is -2.37. The highest BCUT2D eigenvalue weighted by Gasteiger charge is 2.32. The van der Waals surface area contributed by atoms with E-state index in [-0.39, 0.29) is 36.3 Å². The molecular formula is C9H15NO5S. The van der Waals surface area contributed by atoms with E-state index in [1.807, 2.05) is 0 Å². The number of amides is 1. The molecule has 0 radical (unpaired) electrons. The molecule has 1 N–H and O–H groups in total. The van der Waals surface area contributed by atoms with Gasteiger partial charge in [0.05, 0.1) is 17.9 Å². The van der Waals surface area contributed by atoms with Gasteiger partial charge in [-0.05, 0) is 6.42 Å². The Morgan fingerprint density at radius 2 is 2.00 bits per heavy atom. The summed E-state index contributed by atoms with van der Waals surface area (Å²) in [6, 6.07) is -0.300. The lowest BCUT2D eigenvalue weighted by Gasteiger charge is -2.23. The van der Waals surface area contributed by atoms with Crippen LogP contribution in [-0.4, -0.2) is 54.9 Å². The standard InChI is InChI=1S/C9H15NO5S/c1-10(8(11)2-3-9(12)13)7-4-5-16(14,15)6-7/h7H,2-6H2,1H3,(H,12,13). The van der Waals surface area contributed by atoms with Gasteiger partial charge in [-0.2, -0.15) is 0 Å². The molecule has 0 aliphatic carbocycles. The number of hydrogen-bond donors (Lipinski definition) is 1. The number of nitrogens with zero attached hydrogens (tertiary/aromatic N) is 1. The highest BCUT2D eigenvalue weighted by molar-refractivity contribution is 7.91. The fraction of sp³-hybridized carbons (Fsp3) is 0.778. The Kier molecular flexibility index (Phi) is 3.90. The van der Waals surface area contributed by atoms with Gasteiger partial charge >= 0.3 is 5.97 Å². The van der Waals surface area contributed by atoms with Gasteiger partial charge in [-0.15, -0.1) is 0 Å². The van der Waals surface area contributed by atoms with E-state index in [0.29, 0.717) is 6.42 Å². The zero-order valence-corrected chi connectivity index (χ0v) is 9.87. The predicted molar refractivity (Wildman–Crippen MR) is 56.7 cm³/mol. The summed E-state index contributed by atoms with van der Waals surface area (Å²) >= 11 is 0. The van der Waals surface area contributed by atoms with Crippen LogP contribution in [0.25, 0.3) is 0 Å². The first-order chi connectivity index (χ1) is 7.32. The third-order valence-electron chi connectivity index (χ3n) is 2.70. The van der Waals surface area contributed by atoms with Crippen molar-refractivity contribution in [3.63, 3.8) is 0 Å². The smallest absolute Gasteiger partial charge is 0.303 e. The Morgan fingerprint density at radius 3 is 2.44 bits per heavy atom. The molecule has 16 heavy (non-hydrogen) atoms. The molecule has 7 heteroatoms. The van der Waals surface area contributed by atoms with E-state index in [1.54, 1.807) is 0 Å². The summed E-state index contributed by atoms with van der Waals surface area (Å²) in [6.07, 6.45) is 0.142. The van der Waals surface area contributed by atoms with E-state index in [0.717, 1.165) is 0 Å². The molecule has 1 fully saturated rings. The molecule has 0 aromatic rings. The molecule has 1 aliphatic heterocycles. The Hall–Kier alpha value is -1.11. The van der Waals surface area contributed by atoms with Crippen molar-refractivity contribution in [3.05, 3.63) is 0 Å². The molecule has 0 saturated carbocycles. The Bertz CT molecular complexity index is 389. The molecule has 0 aromatic carbocycles. The number of carboxylic acids is 1. The van der Waals surface area contributed by atoms with E-state index in [1.165, 1.54) is 11.9 Å². The van der Waals surface area contributed by atoms with E-state index in [2.05, 4.69) is 0 Å². The molecule has 1 aliphatic rings. The number of carbonyl (C=O) groups is 2. The molecule has 1 atom stereocenters. The molecule has 1 unspecified atom stereocenters. The van der Waals surface area contributed by atoms with E-state index in [9.17, 15) is 18.0 Å². The normalized spacial score (nSPS) is 22.9. The topological polar surface area (TPSA) is 91.8 Å². The van der Waals surface area contributed by atoms with Crippen molar-refractivity contribution in [2.75, 3.05) is 18.6 Å². The summed E-state index contributed by atoms with van der Waals surface area (Å²) in [6.45, 7) is 0. The van der Waals surface area contributed by atoms with Crippen LogP contribution in [0.4, 0.5) is 0 Å². The molecule has 0 bridgehead atoms. The zero-order valence-electron chi connectivity index (χ0n) is 9.05. The van der Waals surface area contributed by atoms with Crippen LogP contribution in [0.5, 0.6) is 0 Å². The summed E-state index contributed by atoms with van der Waals surface area (Å²) < 4.78 is 22.4. The van der Waals surface area contributed by atoms with Crippen molar-refractivity contribution in [1.82, 2.24) is 4.90 Å². The van der Waals surface area contributed by atoms with Crippen LogP contribution in [0.2, 0.25) is 0 Å². The van der Waals surface area contributed by atoms with Crippen LogP contribution < -0.4 is 0 Å². The third-order valence-corrected chi connectivity index (χ3v) is 4.45. The molecule has 1 heterocycles. The van der Waals surface area contributed by atoms with Gasteiger partial charge in [0.15, 0.2) is 9.84 Å². The number of carbonyl (C=O) groups excluding carboxylic acids is 1. The van der Waals surface area contributed by atoms with Crippen molar-refractivity contribution >= 4 is 21.7 Å². The first-order valence-corrected chi connectivity index (χ1v) is 6.82. The lowest BCUT2D eigenvalue weighted by molar-refractivity contribution is -0.141. The van der Waals surface area contributed by atoms with Crippen molar-refractivity contribution in [2.45, 2.75) is 25.3 Å². The van der Waals surface area contributed by atoms with E-state index < -0.39 is 15.8 Å². The minimum atomic E-state index is -3.02. The molecule has 1 amide bonds. The average Bonchev–Trinajstić information content (AvgIpc) is 2.54. The largest absolute Gasteiger partial charge is 0.481 e. The van der Waals surface area contributed by atoms with Gasteiger partial charge in [0.25, 0.3) is 0 Å². The second-order valence-electron chi connectivity index (χ2n) is 3.96. The predicted octanol–water partition coefficient (Wildman–Crippen LogP) is -0.503. The van der Waals surface area contributed by atoms with Crippen molar-refractivity contribution in [2.24, 2.45) is 0 Å². The molecule has 6 nitrogen and oxygen atoms in total. The van der Waals surface area contributed by atoms with Gasteiger partial charge in [-0.25, -0.2) is 8.42 Å². The number of sulfone groups is 1. The Balaban J connectivity index is 2.49. The quantitative estimate of drug-likeness (QED) is 0.725. The fourth-order valence-electron chi connectivity index (χ4n) is 1.67. The maximum atomic E-state index is 11.5. The van der Waals surface area contributed by atoms with Gasteiger partial charge in [0, 0.05) is 19.5 Å². The maximum absolute atomic E-state index is 11.5. The van der Waals surface area contributed by atoms with Crippen LogP contribution in [0, 0.1) is 0 Å². The first-order valence-electron chi connectivity index (χ1n) is 5.00. The van der Waals surface area contributed by atoms with Gasteiger partial charge in [-0.1, -0.05) is 0 Å². The average molecular weight is 249 g/mol. The molecular weight excluding hydrogens is 234 g/mol. The van der Waals surface area contributed by atoms with Crippen molar-refractivity contribution in [3.8, 4) is 0 Å². The summed E-state index contributed by atoms with van der Waals surface area (Å²) in [5.41, 5.74) is 0. The molecule has 1 rings (SSSR count). The first kappa shape index (κ1) is 13.0. The minimum Gasteiger partial charge on any atom is -0.481 e. The maximum Gasteiger partial charge on any atom is 0.303 e. The highest BCUT2D eigenvalue weighted by atomic mass is 32.2. The number of rotatable bonds is 4. The number of hydrogen-bond acceptors (Lipinski definition) is 4. The Morgan fingerprint density at radius 1 is 1.38 bits per heavy atom. The van der Waals surface area contributed by atoms with Crippen LogP contribution in [-0.2, 0) is 19.4 Å². The van der Waals surface area contributed by atoms with Crippen molar-refractivity contribution < 1.29 is 23.1 Å². The minimum absolute atomic E-state index is 0.0116. The van der Waals surface area contributed by atoms with Gasteiger partial charge in [0.2, 0.25) is 5.91 Å². The van der Waals surface area contributed by atoms with Crippen molar-refractivity contribution in [1.29, 1.82) is 0 Å². The summed E-state index contributed by atoms with van der Waals surface area (Å²) in [7, 11) is -1.49. The fourth-order valence-corrected chi connectivity index (χ4v) is 3.45. The van der Waals surface area contributed by atoms with Crippen LogP contribution in [0.1, 0.15) is 19.3 Å². The van der Waals surface area contributed by atoms with Gasteiger partial charge in [0.1, 0.15) is 0 Å². The lowest BCUT2D eigenvalue weighted by atomic mass is 10.2. The van der Waals surface area contributed by atoms with Crippen LogP contribution >= 0.6 is 0 Å².